The number of benzene rings is 1. The van der Waals surface area contributed by atoms with Crippen LogP contribution >= 0.6 is 11.3 Å². The van der Waals surface area contributed by atoms with Crippen LogP contribution in [-0.4, -0.2) is 39.8 Å². The first-order chi connectivity index (χ1) is 11.8. The van der Waals surface area contributed by atoms with Gasteiger partial charge in [0.25, 0.3) is 0 Å². The summed E-state index contributed by atoms with van der Waals surface area (Å²) in [5.74, 6) is 0.642. The molecule has 0 unspecified atom stereocenters. The van der Waals surface area contributed by atoms with Gasteiger partial charge in [-0.15, -0.1) is 21.5 Å². The summed E-state index contributed by atoms with van der Waals surface area (Å²) in [4.78, 5) is 6.52. The second-order valence-electron chi connectivity index (χ2n) is 5.47. The van der Waals surface area contributed by atoms with Crippen molar-refractivity contribution >= 4 is 11.3 Å². The first-order valence-corrected chi connectivity index (χ1v) is 8.47. The Morgan fingerprint density at radius 2 is 2.12 bits per heavy atom. The van der Waals surface area contributed by atoms with Crippen LogP contribution in [0.4, 0.5) is 4.39 Å². The standard InChI is InChI=1S/C16H15FN4O2S/c17-12-3-1-11(2-4-12)15-20-19-14(23-15)10-21-6-7-22-13(9-21)16-18-5-8-24-16/h1-5,8,13H,6-7,9-10H2/t13-/m1/s1. The Bertz CT molecular complexity index is 791. The van der Waals surface area contributed by atoms with E-state index in [1.807, 2.05) is 5.38 Å². The lowest BCUT2D eigenvalue weighted by molar-refractivity contribution is -0.0352. The molecule has 0 amide bonds. The van der Waals surface area contributed by atoms with Gasteiger partial charge in [-0.3, -0.25) is 4.90 Å². The molecular formula is C16H15FN4O2S. The average molecular weight is 346 g/mol. The van der Waals surface area contributed by atoms with Gasteiger partial charge >= 0.3 is 0 Å². The van der Waals surface area contributed by atoms with E-state index < -0.39 is 0 Å². The van der Waals surface area contributed by atoms with E-state index in [-0.39, 0.29) is 11.9 Å². The van der Waals surface area contributed by atoms with Crippen molar-refractivity contribution in [3.8, 4) is 11.5 Å². The molecule has 0 bridgehead atoms. The van der Waals surface area contributed by atoms with E-state index in [1.165, 1.54) is 12.1 Å². The van der Waals surface area contributed by atoms with Gasteiger partial charge in [0, 0.05) is 30.2 Å². The molecule has 0 saturated carbocycles. The minimum atomic E-state index is -0.292. The molecule has 4 rings (SSSR count). The van der Waals surface area contributed by atoms with Crippen molar-refractivity contribution in [3.63, 3.8) is 0 Å². The maximum Gasteiger partial charge on any atom is 0.247 e. The van der Waals surface area contributed by atoms with Gasteiger partial charge in [-0.25, -0.2) is 9.37 Å². The van der Waals surface area contributed by atoms with Gasteiger partial charge in [-0.1, -0.05) is 0 Å². The molecule has 24 heavy (non-hydrogen) atoms. The van der Waals surface area contributed by atoms with Crippen LogP contribution in [-0.2, 0) is 11.3 Å². The Balaban J connectivity index is 1.43. The van der Waals surface area contributed by atoms with E-state index in [0.717, 1.165) is 18.1 Å². The third kappa shape index (κ3) is 3.35. The van der Waals surface area contributed by atoms with Crippen LogP contribution in [0.5, 0.6) is 0 Å². The molecule has 2 aromatic heterocycles. The molecule has 1 atom stereocenters. The summed E-state index contributed by atoms with van der Waals surface area (Å²) < 4.78 is 24.5. The highest BCUT2D eigenvalue weighted by Gasteiger charge is 2.25. The fourth-order valence-corrected chi connectivity index (χ4v) is 3.28. The van der Waals surface area contributed by atoms with Gasteiger partial charge in [0.05, 0.1) is 13.2 Å². The lowest BCUT2D eigenvalue weighted by Gasteiger charge is -2.30. The maximum absolute atomic E-state index is 13.0. The normalized spacial score (nSPS) is 18.8. The Morgan fingerprint density at radius 3 is 2.92 bits per heavy atom. The highest BCUT2D eigenvalue weighted by Crippen LogP contribution is 2.25. The summed E-state index contributed by atoms with van der Waals surface area (Å²) in [5, 5.41) is 11.1. The van der Waals surface area contributed by atoms with E-state index in [4.69, 9.17) is 9.15 Å². The lowest BCUT2D eigenvalue weighted by Crippen LogP contribution is -2.37. The molecule has 124 valence electrons. The summed E-state index contributed by atoms with van der Waals surface area (Å²) in [6.45, 7) is 2.74. The molecular weight excluding hydrogens is 331 g/mol. The minimum Gasteiger partial charge on any atom is -0.419 e. The van der Waals surface area contributed by atoms with Crippen LogP contribution in [0.25, 0.3) is 11.5 Å². The largest absolute Gasteiger partial charge is 0.419 e. The average Bonchev–Trinajstić information content (AvgIpc) is 3.28. The lowest BCUT2D eigenvalue weighted by atomic mass is 10.2. The number of morpholine rings is 1. The quantitative estimate of drug-likeness (QED) is 0.724. The summed E-state index contributed by atoms with van der Waals surface area (Å²) in [6, 6.07) is 6.00. The second kappa shape index (κ2) is 6.76. The smallest absolute Gasteiger partial charge is 0.247 e. The number of aromatic nitrogens is 3. The molecule has 1 aromatic carbocycles. The number of hydrogen-bond acceptors (Lipinski definition) is 7. The monoisotopic (exact) mass is 346 g/mol. The molecule has 1 aliphatic rings. The van der Waals surface area contributed by atoms with Gasteiger partial charge in [0.1, 0.15) is 16.9 Å². The minimum absolute atomic E-state index is 0.0155. The van der Waals surface area contributed by atoms with Crippen molar-refractivity contribution in [1.29, 1.82) is 0 Å². The van der Waals surface area contributed by atoms with Crippen LogP contribution in [0.3, 0.4) is 0 Å². The Kier molecular flexibility index (Phi) is 4.33. The summed E-state index contributed by atoms with van der Waals surface area (Å²) >= 11 is 1.60. The molecule has 0 N–H and O–H groups in total. The predicted octanol–water partition coefficient (Wildman–Crippen LogP) is 2.91. The van der Waals surface area contributed by atoms with E-state index in [0.29, 0.717) is 30.5 Å². The zero-order valence-electron chi connectivity index (χ0n) is 12.8. The summed E-state index contributed by atoms with van der Waals surface area (Å²) in [7, 11) is 0. The van der Waals surface area contributed by atoms with Gasteiger partial charge in [0.15, 0.2) is 0 Å². The van der Waals surface area contributed by atoms with Crippen LogP contribution in [0.1, 0.15) is 17.0 Å². The van der Waals surface area contributed by atoms with Crippen LogP contribution in [0.15, 0.2) is 40.3 Å². The van der Waals surface area contributed by atoms with Crippen LogP contribution < -0.4 is 0 Å². The molecule has 0 spiro atoms. The molecule has 0 aliphatic carbocycles. The zero-order chi connectivity index (χ0) is 16.4. The van der Waals surface area contributed by atoms with Crippen molar-refractivity contribution in [2.24, 2.45) is 0 Å². The van der Waals surface area contributed by atoms with Crippen molar-refractivity contribution in [2.75, 3.05) is 19.7 Å². The first-order valence-electron chi connectivity index (χ1n) is 7.59. The Morgan fingerprint density at radius 1 is 1.25 bits per heavy atom. The van der Waals surface area contributed by atoms with Crippen molar-refractivity contribution < 1.29 is 13.5 Å². The maximum atomic E-state index is 13.0. The highest BCUT2D eigenvalue weighted by atomic mass is 32.1. The molecule has 8 heteroatoms. The molecule has 6 nitrogen and oxygen atoms in total. The summed E-state index contributed by atoms with van der Waals surface area (Å²) in [5.41, 5.74) is 0.706. The van der Waals surface area contributed by atoms with Crippen LogP contribution in [0, 0.1) is 5.82 Å². The molecule has 3 aromatic rings. The van der Waals surface area contributed by atoms with Crippen molar-refractivity contribution in [2.45, 2.75) is 12.6 Å². The van der Waals surface area contributed by atoms with Gasteiger partial charge in [-0.2, -0.15) is 0 Å². The number of hydrogen-bond donors (Lipinski definition) is 0. The third-order valence-electron chi connectivity index (χ3n) is 3.79. The topological polar surface area (TPSA) is 64.3 Å². The predicted molar refractivity (Wildman–Crippen MR) is 85.8 cm³/mol. The van der Waals surface area contributed by atoms with Crippen molar-refractivity contribution in [1.82, 2.24) is 20.1 Å². The number of rotatable bonds is 4. The zero-order valence-corrected chi connectivity index (χ0v) is 13.6. The van der Waals surface area contributed by atoms with Gasteiger partial charge in [0.2, 0.25) is 11.8 Å². The molecule has 3 heterocycles. The van der Waals surface area contributed by atoms with E-state index >= 15 is 0 Å². The van der Waals surface area contributed by atoms with Gasteiger partial charge < -0.3 is 9.15 Å². The first kappa shape index (κ1) is 15.4. The number of halogens is 1. The van der Waals surface area contributed by atoms with E-state index in [9.17, 15) is 4.39 Å². The SMILES string of the molecule is Fc1ccc(-c2nnc(CN3CCO[C@@H](c4nccs4)C3)o2)cc1. The number of ether oxygens (including phenoxy) is 1. The van der Waals surface area contributed by atoms with Gasteiger partial charge in [-0.05, 0) is 24.3 Å². The fraction of sp³-hybridized carbons (Fsp3) is 0.312. The molecule has 0 radical (unpaired) electrons. The molecule has 1 saturated heterocycles. The fourth-order valence-electron chi connectivity index (χ4n) is 2.61. The number of thiazole rings is 1. The Labute approximate surface area is 141 Å². The second-order valence-corrected chi connectivity index (χ2v) is 6.40. The van der Waals surface area contributed by atoms with E-state index in [2.05, 4.69) is 20.1 Å². The number of nitrogens with zero attached hydrogens (tertiary/aromatic N) is 4. The molecule has 1 aliphatic heterocycles. The summed E-state index contributed by atoms with van der Waals surface area (Å²) in [6.07, 6.45) is 1.77. The highest BCUT2D eigenvalue weighted by molar-refractivity contribution is 7.09. The van der Waals surface area contributed by atoms with Crippen LogP contribution in [0.2, 0.25) is 0 Å². The van der Waals surface area contributed by atoms with E-state index in [1.54, 1.807) is 29.7 Å². The van der Waals surface area contributed by atoms with Crippen molar-refractivity contribution in [3.05, 3.63) is 52.6 Å². The third-order valence-corrected chi connectivity index (χ3v) is 4.66. The Hall–Kier alpha value is -2.16. The molecule has 1 fully saturated rings.